The van der Waals surface area contributed by atoms with Gasteiger partial charge in [-0.05, 0) is 65.6 Å². The molecule has 1 unspecified atom stereocenters. The van der Waals surface area contributed by atoms with Crippen LogP contribution < -0.4 is 5.32 Å². The molecule has 0 bridgehead atoms. The molecule has 11 heteroatoms. The summed E-state index contributed by atoms with van der Waals surface area (Å²) in [6, 6.07) is 6.93. The fraction of sp³-hybridized carbons (Fsp3) is 0.391. The van der Waals surface area contributed by atoms with Crippen LogP contribution in [0.25, 0.3) is 5.69 Å². The molecule has 5 rings (SSSR count). The fourth-order valence-corrected chi connectivity index (χ4v) is 4.58. The number of likely N-dealkylation sites (tertiary alicyclic amines) is 1. The van der Waals surface area contributed by atoms with Crippen molar-refractivity contribution in [3.05, 3.63) is 64.7 Å². The molecule has 2 aliphatic heterocycles. The number of carbonyl (C=O) groups excluding carboxylic acids is 2. The molecule has 4 heterocycles. The number of ether oxygens (including phenoxy) is 1. The number of aliphatic hydroxyl groups is 1. The predicted octanol–water partition coefficient (Wildman–Crippen LogP) is 0.821. The van der Waals surface area contributed by atoms with Gasteiger partial charge in [-0.15, -0.1) is 5.10 Å². The van der Waals surface area contributed by atoms with Gasteiger partial charge in [0.25, 0.3) is 5.91 Å². The Morgan fingerprint density at radius 1 is 1.32 bits per heavy atom. The molecule has 1 saturated heterocycles. The second-order valence-corrected chi connectivity index (χ2v) is 8.68. The molecule has 176 valence electrons. The molecule has 2 atom stereocenters. The van der Waals surface area contributed by atoms with Gasteiger partial charge in [0.05, 0.1) is 23.6 Å². The third kappa shape index (κ3) is 4.39. The van der Waals surface area contributed by atoms with Gasteiger partial charge in [0, 0.05) is 25.2 Å². The van der Waals surface area contributed by atoms with E-state index in [1.807, 2.05) is 13.0 Å². The number of esters is 1. The van der Waals surface area contributed by atoms with E-state index >= 15 is 0 Å². The largest absolute Gasteiger partial charge is 0.457 e. The highest BCUT2D eigenvalue weighted by Gasteiger charge is 2.28. The number of rotatable bonds is 7. The molecule has 2 aliphatic rings. The van der Waals surface area contributed by atoms with Crippen molar-refractivity contribution in [1.82, 2.24) is 35.4 Å². The molecule has 2 aromatic heterocycles. The number of fused-ring (bicyclic) bond motifs is 1. The lowest BCUT2D eigenvalue weighted by atomic mass is 9.95. The number of nitrogens with one attached hydrogen (secondary N) is 1. The maximum Gasteiger partial charge on any atom is 0.338 e. The zero-order valence-electron chi connectivity index (χ0n) is 18.7. The Morgan fingerprint density at radius 3 is 2.97 bits per heavy atom. The van der Waals surface area contributed by atoms with E-state index in [2.05, 4.69) is 30.7 Å². The number of aromatic nitrogens is 5. The quantitative estimate of drug-likeness (QED) is 0.488. The van der Waals surface area contributed by atoms with Crippen molar-refractivity contribution in [2.75, 3.05) is 26.2 Å². The molecule has 11 nitrogen and oxygen atoms in total. The van der Waals surface area contributed by atoms with Crippen molar-refractivity contribution < 1.29 is 19.4 Å². The van der Waals surface area contributed by atoms with Gasteiger partial charge in [-0.1, -0.05) is 6.07 Å². The van der Waals surface area contributed by atoms with Crippen molar-refractivity contribution in [3.63, 3.8) is 0 Å². The van der Waals surface area contributed by atoms with Gasteiger partial charge in [0.2, 0.25) is 0 Å². The molecule has 0 aliphatic carbocycles. The van der Waals surface area contributed by atoms with Crippen molar-refractivity contribution in [2.45, 2.75) is 26.1 Å². The van der Waals surface area contributed by atoms with Crippen LogP contribution in [0.3, 0.4) is 0 Å². The molecular weight excluding hydrogens is 438 g/mol. The summed E-state index contributed by atoms with van der Waals surface area (Å²) < 4.78 is 6.57. The van der Waals surface area contributed by atoms with Crippen LogP contribution in [0.4, 0.5) is 0 Å². The number of β-amino-alcohol motifs (C(OH)–C–C–N with tert-alkyl or cyclic N) is 1. The Labute approximate surface area is 195 Å². The van der Waals surface area contributed by atoms with Crippen LogP contribution in [0.1, 0.15) is 50.1 Å². The highest BCUT2D eigenvalue weighted by atomic mass is 16.5. The van der Waals surface area contributed by atoms with Crippen molar-refractivity contribution in [2.24, 2.45) is 5.92 Å². The number of hydrogen-bond acceptors (Lipinski definition) is 9. The predicted molar refractivity (Wildman–Crippen MR) is 119 cm³/mol. The van der Waals surface area contributed by atoms with E-state index in [1.165, 1.54) is 11.0 Å². The fourth-order valence-electron chi connectivity index (χ4n) is 4.58. The minimum atomic E-state index is -0.655. The van der Waals surface area contributed by atoms with E-state index in [9.17, 15) is 14.7 Å². The van der Waals surface area contributed by atoms with Gasteiger partial charge >= 0.3 is 5.97 Å². The third-order valence-corrected chi connectivity index (χ3v) is 6.51. The molecule has 0 spiro atoms. The minimum absolute atomic E-state index is 0.229. The topological polar surface area (TPSA) is 135 Å². The zero-order chi connectivity index (χ0) is 23.7. The SMILES string of the molecule is Cc1c([C@@H](O)CN2CCC(CNC(=O)c3ccc(-n4cnnn4)cn3)C2)ccc2c1COC2=O. The zero-order valence-corrected chi connectivity index (χ0v) is 18.7. The molecule has 34 heavy (non-hydrogen) atoms. The highest BCUT2D eigenvalue weighted by Crippen LogP contribution is 2.30. The average molecular weight is 463 g/mol. The smallest absolute Gasteiger partial charge is 0.338 e. The van der Waals surface area contributed by atoms with Crippen LogP contribution in [0.5, 0.6) is 0 Å². The number of nitrogens with zero attached hydrogens (tertiary/aromatic N) is 6. The summed E-state index contributed by atoms with van der Waals surface area (Å²) in [5.41, 5.74) is 4.19. The number of tetrazole rings is 1. The normalized spacial score (nSPS) is 18.5. The Kier molecular flexibility index (Phi) is 6.03. The molecule has 1 fully saturated rings. The van der Waals surface area contributed by atoms with Gasteiger partial charge in [-0.25, -0.2) is 9.78 Å². The number of pyridine rings is 1. The minimum Gasteiger partial charge on any atom is -0.457 e. The maximum absolute atomic E-state index is 12.5. The second-order valence-electron chi connectivity index (χ2n) is 8.68. The number of carbonyl (C=O) groups is 2. The van der Waals surface area contributed by atoms with E-state index in [0.29, 0.717) is 36.0 Å². The summed E-state index contributed by atoms with van der Waals surface area (Å²) in [4.78, 5) is 30.6. The summed E-state index contributed by atoms with van der Waals surface area (Å²) in [5, 5.41) is 24.8. The van der Waals surface area contributed by atoms with E-state index in [1.54, 1.807) is 24.4 Å². The van der Waals surface area contributed by atoms with Crippen molar-refractivity contribution >= 4 is 11.9 Å². The van der Waals surface area contributed by atoms with Gasteiger partial charge in [0.15, 0.2) is 0 Å². The van der Waals surface area contributed by atoms with Crippen molar-refractivity contribution in [3.8, 4) is 5.69 Å². The molecule has 1 amide bonds. The molecule has 2 N–H and O–H groups in total. The van der Waals surface area contributed by atoms with Crippen LogP contribution in [-0.4, -0.2) is 73.3 Å². The first kappa shape index (κ1) is 22.1. The molecule has 3 aromatic rings. The third-order valence-electron chi connectivity index (χ3n) is 6.51. The van der Waals surface area contributed by atoms with E-state index in [4.69, 9.17) is 4.74 Å². The average Bonchev–Trinajstić information content (AvgIpc) is 3.60. The Hall–Kier alpha value is -3.70. The Morgan fingerprint density at radius 2 is 2.21 bits per heavy atom. The molecular formula is C23H25N7O4. The number of amides is 1. The number of aliphatic hydroxyl groups excluding tert-OH is 1. The van der Waals surface area contributed by atoms with Crippen LogP contribution in [0.15, 0.2) is 36.8 Å². The van der Waals surface area contributed by atoms with E-state index < -0.39 is 6.10 Å². The van der Waals surface area contributed by atoms with Crippen LogP contribution in [0.2, 0.25) is 0 Å². The van der Waals surface area contributed by atoms with E-state index in [-0.39, 0.29) is 18.5 Å². The maximum atomic E-state index is 12.5. The monoisotopic (exact) mass is 463 g/mol. The first-order valence-corrected chi connectivity index (χ1v) is 11.2. The first-order valence-electron chi connectivity index (χ1n) is 11.2. The highest BCUT2D eigenvalue weighted by molar-refractivity contribution is 5.94. The Bertz CT molecular complexity index is 1200. The number of cyclic esters (lactones) is 1. The lowest BCUT2D eigenvalue weighted by Gasteiger charge is -2.22. The van der Waals surface area contributed by atoms with Gasteiger partial charge in [-0.3, -0.25) is 4.79 Å². The molecule has 0 saturated carbocycles. The van der Waals surface area contributed by atoms with Crippen LogP contribution in [0, 0.1) is 12.8 Å². The lowest BCUT2D eigenvalue weighted by Crippen LogP contribution is -2.32. The lowest BCUT2D eigenvalue weighted by molar-refractivity contribution is 0.0534. The summed E-state index contributed by atoms with van der Waals surface area (Å²) in [7, 11) is 0. The number of benzene rings is 1. The summed E-state index contributed by atoms with van der Waals surface area (Å²) in [5.74, 6) is -0.238. The standard InChI is InChI=1S/C23H25N7O4/c1-14-17(3-4-18-19(14)12-34-23(18)33)21(31)11-29-7-6-15(10-29)8-25-22(32)20-5-2-16(9-24-20)30-13-26-27-28-30/h2-5,9,13,15,21,31H,6-8,10-12H2,1H3,(H,25,32)/t15?,21-/m0/s1. The van der Waals surface area contributed by atoms with Crippen LogP contribution in [-0.2, 0) is 11.3 Å². The van der Waals surface area contributed by atoms with Crippen molar-refractivity contribution in [1.29, 1.82) is 0 Å². The van der Waals surface area contributed by atoms with Gasteiger partial charge < -0.3 is 20.1 Å². The molecule has 1 aromatic carbocycles. The number of hydrogen-bond donors (Lipinski definition) is 2. The second kappa shape index (κ2) is 9.27. The van der Waals surface area contributed by atoms with Gasteiger partial charge in [-0.2, -0.15) is 4.68 Å². The molecule has 0 radical (unpaired) electrons. The Balaban J connectivity index is 1.12. The summed E-state index contributed by atoms with van der Waals surface area (Å²) in [6.45, 7) is 4.86. The summed E-state index contributed by atoms with van der Waals surface area (Å²) in [6.07, 6.45) is 3.29. The first-order chi connectivity index (χ1) is 16.5. The van der Waals surface area contributed by atoms with Gasteiger partial charge in [0.1, 0.15) is 18.6 Å². The van der Waals surface area contributed by atoms with E-state index in [0.717, 1.165) is 36.2 Å². The van der Waals surface area contributed by atoms with Crippen LogP contribution >= 0.6 is 0 Å². The summed E-state index contributed by atoms with van der Waals surface area (Å²) >= 11 is 0.